The molecule has 0 spiro atoms. The summed E-state index contributed by atoms with van der Waals surface area (Å²) in [5, 5.41) is 3.79. The van der Waals surface area contributed by atoms with Crippen LogP contribution in [0.5, 0.6) is 0 Å². The topological polar surface area (TPSA) is 12.0 Å². The largest absolute Gasteiger partial charge is 0.309 e. The van der Waals surface area contributed by atoms with Crippen LogP contribution in [0.4, 0.5) is 0 Å². The molecule has 0 radical (unpaired) electrons. The van der Waals surface area contributed by atoms with Gasteiger partial charge in [0.2, 0.25) is 0 Å². The monoisotopic (exact) mass is 169 g/mol. The molecule has 0 amide bonds. The van der Waals surface area contributed by atoms with Gasteiger partial charge < -0.3 is 5.32 Å². The van der Waals surface area contributed by atoms with E-state index >= 15 is 0 Å². The molecule has 12 heavy (non-hydrogen) atoms. The zero-order chi connectivity index (χ0) is 9.03. The quantitative estimate of drug-likeness (QED) is 0.682. The highest BCUT2D eigenvalue weighted by atomic mass is 15.0. The molecule has 1 nitrogen and oxygen atoms in total. The Morgan fingerprint density at radius 3 is 2.08 bits per heavy atom. The van der Waals surface area contributed by atoms with Crippen LogP contribution >= 0.6 is 0 Å². The van der Waals surface area contributed by atoms with E-state index in [1.54, 1.807) is 0 Å². The van der Waals surface area contributed by atoms with Gasteiger partial charge >= 0.3 is 0 Å². The van der Waals surface area contributed by atoms with Gasteiger partial charge in [-0.3, -0.25) is 0 Å². The molecule has 1 fully saturated rings. The minimum atomic E-state index is 0.398. The highest BCUT2D eigenvalue weighted by Crippen LogP contribution is 2.23. The minimum Gasteiger partial charge on any atom is -0.309 e. The van der Waals surface area contributed by atoms with Gasteiger partial charge in [-0.05, 0) is 32.6 Å². The van der Waals surface area contributed by atoms with Crippen LogP contribution in [0.3, 0.4) is 0 Å². The summed E-state index contributed by atoms with van der Waals surface area (Å²) < 4.78 is 0. The summed E-state index contributed by atoms with van der Waals surface area (Å²) in [5.74, 6) is 0. The lowest BCUT2D eigenvalue weighted by molar-refractivity contribution is 0.290. The predicted octanol–water partition coefficient (Wildman–Crippen LogP) is 3.10. The number of nitrogens with one attached hydrogen (secondary N) is 1. The molecule has 0 aromatic rings. The zero-order valence-electron chi connectivity index (χ0n) is 8.82. The van der Waals surface area contributed by atoms with Gasteiger partial charge in [0.25, 0.3) is 0 Å². The fraction of sp³-hybridized carbons (Fsp3) is 1.00. The first-order valence-corrected chi connectivity index (χ1v) is 5.48. The fourth-order valence-electron chi connectivity index (χ4n) is 2.02. The van der Waals surface area contributed by atoms with E-state index in [1.165, 1.54) is 38.5 Å². The van der Waals surface area contributed by atoms with Crippen molar-refractivity contribution < 1.29 is 0 Å². The Labute approximate surface area is 76.9 Å². The van der Waals surface area contributed by atoms with E-state index in [4.69, 9.17) is 0 Å². The third-order valence-corrected chi connectivity index (χ3v) is 3.47. The molecule has 1 rings (SSSR count). The number of rotatable bonds is 4. The van der Waals surface area contributed by atoms with E-state index in [9.17, 15) is 0 Å². The van der Waals surface area contributed by atoms with Crippen molar-refractivity contribution >= 4 is 0 Å². The predicted molar refractivity (Wildman–Crippen MR) is 54.4 cm³/mol. The third kappa shape index (κ3) is 2.48. The Kier molecular flexibility index (Phi) is 3.57. The van der Waals surface area contributed by atoms with E-state index in [0.717, 1.165) is 6.04 Å². The molecule has 0 aromatic carbocycles. The van der Waals surface area contributed by atoms with Crippen molar-refractivity contribution in [1.82, 2.24) is 5.32 Å². The Morgan fingerprint density at radius 1 is 1.17 bits per heavy atom. The van der Waals surface area contributed by atoms with E-state index < -0.39 is 0 Å². The second kappa shape index (κ2) is 4.27. The Bertz CT molecular complexity index is 121. The van der Waals surface area contributed by atoms with Gasteiger partial charge in [-0.1, -0.05) is 26.7 Å². The molecule has 0 heterocycles. The lowest BCUT2D eigenvalue weighted by Gasteiger charge is -2.32. The van der Waals surface area contributed by atoms with Crippen LogP contribution in [0, 0.1) is 0 Å². The summed E-state index contributed by atoms with van der Waals surface area (Å²) in [4.78, 5) is 0. The normalized spacial score (nSPS) is 20.2. The van der Waals surface area contributed by atoms with Gasteiger partial charge in [-0.25, -0.2) is 0 Å². The Balaban J connectivity index is 2.35. The lowest BCUT2D eigenvalue weighted by Crippen LogP contribution is -2.46. The molecular formula is C11H23N. The molecule has 1 aliphatic carbocycles. The van der Waals surface area contributed by atoms with Crippen LogP contribution in [-0.2, 0) is 0 Å². The average Bonchev–Trinajstić information content (AvgIpc) is 2.57. The van der Waals surface area contributed by atoms with Crippen LogP contribution in [0.1, 0.15) is 59.3 Å². The SMILES string of the molecule is CCC(C)(CC)NC1CCCC1. The molecule has 72 valence electrons. The summed E-state index contributed by atoms with van der Waals surface area (Å²) >= 11 is 0. The smallest absolute Gasteiger partial charge is 0.0150 e. The van der Waals surface area contributed by atoms with Gasteiger partial charge in [0.1, 0.15) is 0 Å². The molecule has 1 heteroatoms. The van der Waals surface area contributed by atoms with E-state index in [-0.39, 0.29) is 0 Å². The molecular weight excluding hydrogens is 146 g/mol. The summed E-state index contributed by atoms with van der Waals surface area (Å²) in [7, 11) is 0. The highest BCUT2D eigenvalue weighted by Gasteiger charge is 2.24. The molecule has 1 N–H and O–H groups in total. The van der Waals surface area contributed by atoms with Crippen LogP contribution in [0.2, 0.25) is 0 Å². The van der Waals surface area contributed by atoms with Crippen molar-refractivity contribution in [1.29, 1.82) is 0 Å². The van der Waals surface area contributed by atoms with Gasteiger partial charge in [-0.2, -0.15) is 0 Å². The molecule has 0 aromatic heterocycles. The molecule has 1 saturated carbocycles. The van der Waals surface area contributed by atoms with Crippen LogP contribution in [-0.4, -0.2) is 11.6 Å². The van der Waals surface area contributed by atoms with E-state index in [0.29, 0.717) is 5.54 Å². The van der Waals surface area contributed by atoms with E-state index in [2.05, 4.69) is 26.1 Å². The van der Waals surface area contributed by atoms with Crippen molar-refractivity contribution in [2.24, 2.45) is 0 Å². The van der Waals surface area contributed by atoms with Crippen molar-refractivity contribution in [3.05, 3.63) is 0 Å². The van der Waals surface area contributed by atoms with Crippen molar-refractivity contribution in [2.45, 2.75) is 70.9 Å². The second-order valence-corrected chi connectivity index (χ2v) is 4.39. The first kappa shape index (κ1) is 10.0. The molecule has 0 unspecified atom stereocenters. The summed E-state index contributed by atoms with van der Waals surface area (Å²) in [6, 6.07) is 0.815. The fourth-order valence-corrected chi connectivity index (χ4v) is 2.02. The molecule has 1 aliphatic rings. The van der Waals surface area contributed by atoms with Crippen molar-refractivity contribution in [3.63, 3.8) is 0 Å². The van der Waals surface area contributed by atoms with E-state index in [1.807, 2.05) is 0 Å². The summed E-state index contributed by atoms with van der Waals surface area (Å²) in [5.41, 5.74) is 0.398. The Morgan fingerprint density at radius 2 is 1.67 bits per heavy atom. The zero-order valence-corrected chi connectivity index (χ0v) is 8.82. The molecule has 0 atom stereocenters. The van der Waals surface area contributed by atoms with Crippen LogP contribution in [0.15, 0.2) is 0 Å². The second-order valence-electron chi connectivity index (χ2n) is 4.39. The van der Waals surface area contributed by atoms with Gasteiger partial charge in [0.05, 0.1) is 0 Å². The summed E-state index contributed by atoms with van der Waals surface area (Å²) in [6.45, 7) is 6.92. The van der Waals surface area contributed by atoms with Gasteiger partial charge in [-0.15, -0.1) is 0 Å². The highest BCUT2D eigenvalue weighted by molar-refractivity contribution is 4.86. The molecule has 0 saturated heterocycles. The minimum absolute atomic E-state index is 0.398. The molecule has 0 aliphatic heterocycles. The maximum Gasteiger partial charge on any atom is 0.0150 e. The maximum absolute atomic E-state index is 3.79. The lowest BCUT2D eigenvalue weighted by atomic mass is 9.94. The molecule has 0 bridgehead atoms. The summed E-state index contributed by atoms with van der Waals surface area (Å²) in [6.07, 6.45) is 8.16. The standard InChI is InChI=1S/C11H23N/c1-4-11(3,5-2)12-10-8-6-7-9-10/h10,12H,4-9H2,1-3H3. The number of hydrogen-bond acceptors (Lipinski definition) is 1. The van der Waals surface area contributed by atoms with Crippen LogP contribution in [0.25, 0.3) is 0 Å². The van der Waals surface area contributed by atoms with Gasteiger partial charge in [0.15, 0.2) is 0 Å². The number of hydrogen-bond donors (Lipinski definition) is 1. The Hall–Kier alpha value is -0.0400. The third-order valence-electron chi connectivity index (χ3n) is 3.47. The maximum atomic E-state index is 3.79. The first-order valence-electron chi connectivity index (χ1n) is 5.48. The van der Waals surface area contributed by atoms with Gasteiger partial charge in [0, 0.05) is 11.6 Å². The first-order chi connectivity index (χ1) is 5.70. The van der Waals surface area contributed by atoms with Crippen LogP contribution < -0.4 is 5.32 Å². The van der Waals surface area contributed by atoms with Crippen molar-refractivity contribution in [3.8, 4) is 0 Å². The van der Waals surface area contributed by atoms with Crippen molar-refractivity contribution in [2.75, 3.05) is 0 Å². The average molecular weight is 169 g/mol.